The van der Waals surface area contributed by atoms with Crippen LogP contribution in [0, 0.1) is 12.8 Å². The maximum atomic E-state index is 13.0. The number of fused-ring (bicyclic) bond motifs is 2. The third kappa shape index (κ3) is 3.24. The second-order valence-electron chi connectivity index (χ2n) is 7.42. The topological polar surface area (TPSA) is 101 Å². The van der Waals surface area contributed by atoms with Crippen LogP contribution < -0.4 is 10.9 Å². The molecular weight excluding hydrogens is 358 g/mol. The molecule has 1 aliphatic rings. The van der Waals surface area contributed by atoms with Gasteiger partial charge in [-0.25, -0.2) is 4.98 Å². The van der Waals surface area contributed by atoms with Crippen LogP contribution in [0.1, 0.15) is 41.6 Å². The molecule has 0 radical (unpaired) electrons. The summed E-state index contributed by atoms with van der Waals surface area (Å²) in [6, 6.07) is 8.73. The van der Waals surface area contributed by atoms with Crippen molar-refractivity contribution in [3.63, 3.8) is 0 Å². The van der Waals surface area contributed by atoms with Gasteiger partial charge in [-0.15, -0.1) is 0 Å². The molecule has 2 heterocycles. The smallest absolute Gasteiger partial charge is 0.306 e. The molecular formula is C21H21N3O4. The van der Waals surface area contributed by atoms with Crippen LogP contribution in [0.15, 0.2) is 41.3 Å². The van der Waals surface area contributed by atoms with Gasteiger partial charge in [-0.2, -0.15) is 0 Å². The third-order valence-corrected chi connectivity index (χ3v) is 5.41. The number of aromatic nitrogens is 2. The number of nitrogens with one attached hydrogen (secondary N) is 1. The fraction of sp³-hybridized carbons (Fsp3) is 0.333. The van der Waals surface area contributed by atoms with Gasteiger partial charge in [-0.1, -0.05) is 12.1 Å². The maximum Gasteiger partial charge on any atom is 0.306 e. The molecule has 4 rings (SSSR count). The molecule has 7 nitrogen and oxygen atoms in total. The SMILES string of the molecule is Cc1cc(C(=O)N[C@H]2CC[C@@H](C(=O)O)CC2)c2nc3ccccc3c(=O)n2c1. The fourth-order valence-corrected chi connectivity index (χ4v) is 3.90. The van der Waals surface area contributed by atoms with Crippen LogP contribution in [0.3, 0.4) is 0 Å². The average Bonchev–Trinajstić information content (AvgIpc) is 2.68. The monoisotopic (exact) mass is 379 g/mol. The first kappa shape index (κ1) is 18.2. The predicted molar refractivity (Wildman–Crippen MR) is 105 cm³/mol. The molecule has 7 heteroatoms. The van der Waals surface area contributed by atoms with E-state index in [9.17, 15) is 14.4 Å². The lowest BCUT2D eigenvalue weighted by Gasteiger charge is -2.27. The predicted octanol–water partition coefficient (Wildman–Crippen LogP) is 2.53. The first-order valence-corrected chi connectivity index (χ1v) is 9.39. The van der Waals surface area contributed by atoms with E-state index >= 15 is 0 Å². The van der Waals surface area contributed by atoms with Crippen LogP contribution in [-0.4, -0.2) is 32.4 Å². The number of rotatable bonds is 3. The van der Waals surface area contributed by atoms with E-state index in [1.807, 2.05) is 6.92 Å². The number of para-hydroxylation sites is 1. The number of benzene rings is 1. The van der Waals surface area contributed by atoms with E-state index in [1.165, 1.54) is 4.40 Å². The lowest BCUT2D eigenvalue weighted by Crippen LogP contribution is -2.39. The Morgan fingerprint density at radius 3 is 2.61 bits per heavy atom. The average molecular weight is 379 g/mol. The van der Waals surface area contributed by atoms with Gasteiger partial charge >= 0.3 is 5.97 Å². The highest BCUT2D eigenvalue weighted by Crippen LogP contribution is 2.25. The Balaban J connectivity index is 1.69. The number of amides is 1. The summed E-state index contributed by atoms with van der Waals surface area (Å²) >= 11 is 0. The maximum absolute atomic E-state index is 13.0. The zero-order chi connectivity index (χ0) is 19.8. The van der Waals surface area contributed by atoms with Crippen LogP contribution in [0.25, 0.3) is 16.6 Å². The zero-order valence-corrected chi connectivity index (χ0v) is 15.5. The van der Waals surface area contributed by atoms with Gasteiger partial charge in [0.05, 0.1) is 22.4 Å². The Bertz CT molecular complexity index is 1140. The minimum Gasteiger partial charge on any atom is -0.481 e. The lowest BCUT2D eigenvalue weighted by molar-refractivity contribution is -0.142. The fourth-order valence-electron chi connectivity index (χ4n) is 3.90. The Morgan fingerprint density at radius 1 is 1.18 bits per heavy atom. The minimum atomic E-state index is -0.773. The summed E-state index contributed by atoms with van der Waals surface area (Å²) in [4.78, 5) is 41.5. The normalized spacial score (nSPS) is 19.6. The molecule has 28 heavy (non-hydrogen) atoms. The number of carbonyl (C=O) groups is 2. The van der Waals surface area contributed by atoms with Gasteiger partial charge < -0.3 is 10.4 Å². The van der Waals surface area contributed by atoms with Gasteiger partial charge in [0.25, 0.3) is 11.5 Å². The van der Waals surface area contributed by atoms with Gasteiger partial charge in [-0.3, -0.25) is 18.8 Å². The minimum absolute atomic E-state index is 0.0733. The largest absolute Gasteiger partial charge is 0.481 e. The number of hydrogen-bond donors (Lipinski definition) is 2. The van der Waals surface area contributed by atoms with Crippen molar-refractivity contribution in [2.24, 2.45) is 5.92 Å². The number of aryl methyl sites for hydroxylation is 1. The number of aliphatic carboxylic acids is 1. The Kier molecular flexibility index (Phi) is 4.58. The van der Waals surface area contributed by atoms with E-state index < -0.39 is 5.97 Å². The van der Waals surface area contributed by atoms with Gasteiger partial charge in [0.15, 0.2) is 5.65 Å². The highest BCUT2D eigenvalue weighted by molar-refractivity contribution is 6.01. The van der Waals surface area contributed by atoms with Crippen LogP contribution in [-0.2, 0) is 4.79 Å². The highest BCUT2D eigenvalue weighted by atomic mass is 16.4. The summed E-state index contributed by atoms with van der Waals surface area (Å²) in [6.45, 7) is 1.83. The van der Waals surface area contributed by atoms with Crippen molar-refractivity contribution in [3.05, 3.63) is 58.0 Å². The second kappa shape index (κ2) is 7.07. The van der Waals surface area contributed by atoms with E-state index in [4.69, 9.17) is 5.11 Å². The van der Waals surface area contributed by atoms with Crippen LogP contribution >= 0.6 is 0 Å². The van der Waals surface area contributed by atoms with Crippen molar-refractivity contribution in [2.75, 3.05) is 0 Å². The van der Waals surface area contributed by atoms with Crippen molar-refractivity contribution < 1.29 is 14.7 Å². The molecule has 1 aliphatic carbocycles. The molecule has 3 aromatic rings. The molecule has 0 unspecified atom stereocenters. The van der Waals surface area contributed by atoms with Crippen molar-refractivity contribution in [2.45, 2.75) is 38.6 Å². The number of carboxylic acid groups (broad SMARTS) is 1. The van der Waals surface area contributed by atoms with Crippen molar-refractivity contribution in [1.29, 1.82) is 0 Å². The third-order valence-electron chi connectivity index (χ3n) is 5.41. The molecule has 1 aromatic carbocycles. The summed E-state index contributed by atoms with van der Waals surface area (Å²) < 4.78 is 1.42. The zero-order valence-electron chi connectivity index (χ0n) is 15.5. The number of hydrogen-bond acceptors (Lipinski definition) is 4. The van der Waals surface area contributed by atoms with Crippen molar-refractivity contribution >= 4 is 28.4 Å². The van der Waals surface area contributed by atoms with Gasteiger partial charge in [-0.05, 0) is 56.4 Å². The number of carboxylic acids is 1. The Hall–Kier alpha value is -3.22. The molecule has 2 aromatic heterocycles. The Labute approximate surface area is 161 Å². The van der Waals surface area contributed by atoms with Crippen LogP contribution in [0.4, 0.5) is 0 Å². The molecule has 1 amide bonds. The summed E-state index contributed by atoms with van der Waals surface area (Å²) in [7, 11) is 0. The van der Waals surface area contributed by atoms with E-state index in [0.717, 1.165) is 5.56 Å². The van der Waals surface area contributed by atoms with Crippen molar-refractivity contribution in [1.82, 2.24) is 14.7 Å². The number of pyridine rings is 1. The molecule has 0 spiro atoms. The molecule has 1 fully saturated rings. The quantitative estimate of drug-likeness (QED) is 0.681. The molecule has 2 N–H and O–H groups in total. The van der Waals surface area contributed by atoms with E-state index in [1.54, 1.807) is 36.5 Å². The van der Waals surface area contributed by atoms with E-state index in [-0.39, 0.29) is 23.4 Å². The molecule has 144 valence electrons. The molecule has 0 bridgehead atoms. The number of carbonyl (C=O) groups excluding carboxylic acids is 1. The van der Waals surface area contributed by atoms with E-state index in [0.29, 0.717) is 47.8 Å². The summed E-state index contributed by atoms with van der Waals surface area (Å²) in [6.07, 6.45) is 4.05. The highest BCUT2D eigenvalue weighted by Gasteiger charge is 2.27. The Morgan fingerprint density at radius 2 is 1.89 bits per heavy atom. The molecule has 1 saturated carbocycles. The van der Waals surface area contributed by atoms with Gasteiger partial charge in [0, 0.05) is 12.2 Å². The lowest BCUT2D eigenvalue weighted by atomic mass is 9.86. The van der Waals surface area contributed by atoms with Crippen molar-refractivity contribution in [3.8, 4) is 0 Å². The first-order chi connectivity index (χ1) is 13.4. The summed E-state index contributed by atoms with van der Waals surface area (Å²) in [5.41, 5.74) is 1.80. The van der Waals surface area contributed by atoms with Crippen LogP contribution in [0.2, 0.25) is 0 Å². The number of nitrogens with zero attached hydrogens (tertiary/aromatic N) is 2. The van der Waals surface area contributed by atoms with Gasteiger partial charge in [0.1, 0.15) is 0 Å². The summed E-state index contributed by atoms with van der Waals surface area (Å²) in [5, 5.41) is 12.6. The van der Waals surface area contributed by atoms with Crippen LogP contribution in [0.5, 0.6) is 0 Å². The molecule has 0 saturated heterocycles. The standard InChI is InChI=1S/C21H21N3O4/c1-12-10-16(19(25)22-14-8-6-13(7-9-14)21(27)28)18-23-17-5-3-2-4-15(17)20(26)24(18)11-12/h2-5,10-11,13-14H,6-9H2,1H3,(H,22,25)(H,27,28)/t13-,14+. The second-order valence-corrected chi connectivity index (χ2v) is 7.42. The van der Waals surface area contributed by atoms with Gasteiger partial charge in [0.2, 0.25) is 0 Å². The first-order valence-electron chi connectivity index (χ1n) is 9.39. The van der Waals surface area contributed by atoms with E-state index in [2.05, 4.69) is 10.3 Å². The molecule has 0 aliphatic heterocycles. The summed E-state index contributed by atoms with van der Waals surface area (Å²) in [5.74, 6) is -1.40. The molecule has 0 atom stereocenters.